The van der Waals surface area contributed by atoms with Gasteiger partial charge in [-0.1, -0.05) is 62.3 Å². The molecule has 2 unspecified atom stereocenters. The lowest BCUT2D eigenvalue weighted by molar-refractivity contribution is -0.132. The lowest BCUT2D eigenvalue weighted by Crippen LogP contribution is -2.52. The SMILES string of the molecule is CCC(C)(C)C(=O)NCC1(C)CC(NC(=O)C(C)(C)C)CC(C)(C)C1. The molecule has 4 heteroatoms. The average molecular weight is 353 g/mol. The topological polar surface area (TPSA) is 58.2 Å². The molecule has 0 aliphatic heterocycles. The summed E-state index contributed by atoms with van der Waals surface area (Å²) in [6.45, 7) is 19.3. The van der Waals surface area contributed by atoms with E-state index in [4.69, 9.17) is 0 Å². The molecule has 0 aromatic carbocycles. The van der Waals surface area contributed by atoms with Gasteiger partial charge in [0.05, 0.1) is 0 Å². The van der Waals surface area contributed by atoms with E-state index in [9.17, 15) is 9.59 Å². The summed E-state index contributed by atoms with van der Waals surface area (Å²) in [7, 11) is 0. The highest BCUT2D eigenvalue weighted by Crippen LogP contribution is 2.46. The van der Waals surface area contributed by atoms with Gasteiger partial charge in [-0.15, -0.1) is 0 Å². The van der Waals surface area contributed by atoms with E-state index in [0.717, 1.165) is 25.7 Å². The van der Waals surface area contributed by atoms with Gasteiger partial charge < -0.3 is 10.6 Å². The summed E-state index contributed by atoms with van der Waals surface area (Å²) in [5.74, 6) is 0.226. The molecule has 0 aromatic rings. The summed E-state index contributed by atoms with van der Waals surface area (Å²) < 4.78 is 0. The number of nitrogens with one attached hydrogen (secondary N) is 2. The lowest BCUT2D eigenvalue weighted by Gasteiger charge is -2.47. The molecule has 2 atom stereocenters. The van der Waals surface area contributed by atoms with Crippen molar-refractivity contribution in [2.24, 2.45) is 21.7 Å². The van der Waals surface area contributed by atoms with Gasteiger partial charge in [-0.2, -0.15) is 0 Å². The maximum atomic E-state index is 12.5. The van der Waals surface area contributed by atoms with Gasteiger partial charge in [0, 0.05) is 23.4 Å². The molecule has 1 aliphatic rings. The van der Waals surface area contributed by atoms with Crippen molar-refractivity contribution in [1.29, 1.82) is 0 Å². The Kier molecular flexibility index (Phi) is 6.40. The molecule has 2 amide bonds. The predicted octanol–water partition coefficient (Wildman–Crippen LogP) is 4.29. The third kappa shape index (κ3) is 6.31. The van der Waals surface area contributed by atoms with Crippen LogP contribution in [-0.2, 0) is 9.59 Å². The molecule has 0 radical (unpaired) electrons. The summed E-state index contributed by atoms with van der Waals surface area (Å²) in [5, 5.41) is 6.42. The summed E-state index contributed by atoms with van der Waals surface area (Å²) in [6, 6.07) is 0.163. The Hall–Kier alpha value is -1.06. The lowest BCUT2D eigenvalue weighted by atomic mass is 9.62. The quantitative estimate of drug-likeness (QED) is 0.775. The Bertz CT molecular complexity index is 503. The van der Waals surface area contributed by atoms with E-state index in [0.29, 0.717) is 6.54 Å². The summed E-state index contributed by atoms with van der Waals surface area (Å²) >= 11 is 0. The van der Waals surface area contributed by atoms with Crippen LogP contribution in [0.15, 0.2) is 0 Å². The molecule has 0 aromatic heterocycles. The van der Waals surface area contributed by atoms with Gasteiger partial charge in [0.15, 0.2) is 0 Å². The van der Waals surface area contributed by atoms with E-state index in [-0.39, 0.29) is 39.5 Å². The van der Waals surface area contributed by atoms with E-state index < -0.39 is 0 Å². The largest absolute Gasteiger partial charge is 0.355 e. The number of amides is 2. The fourth-order valence-electron chi connectivity index (χ4n) is 3.97. The molecule has 0 heterocycles. The number of carbonyl (C=O) groups is 2. The third-order valence-corrected chi connectivity index (χ3v) is 5.63. The maximum absolute atomic E-state index is 12.5. The van der Waals surface area contributed by atoms with Crippen molar-refractivity contribution in [3.05, 3.63) is 0 Å². The van der Waals surface area contributed by atoms with Crippen molar-refractivity contribution in [3.63, 3.8) is 0 Å². The molecular formula is C21H40N2O2. The van der Waals surface area contributed by atoms with Gasteiger partial charge in [-0.25, -0.2) is 0 Å². The highest BCUT2D eigenvalue weighted by atomic mass is 16.2. The standard InChI is InChI=1S/C21H40N2O2/c1-10-20(7,8)17(25)22-14-21(9)12-15(11-19(5,6)13-21)23-16(24)18(2,3)4/h15H,10-14H2,1-9H3,(H,22,25)(H,23,24). The van der Waals surface area contributed by atoms with Crippen molar-refractivity contribution in [3.8, 4) is 0 Å². The Morgan fingerprint density at radius 2 is 1.56 bits per heavy atom. The molecule has 0 bridgehead atoms. The molecule has 0 saturated heterocycles. The molecule has 4 nitrogen and oxygen atoms in total. The first-order chi connectivity index (χ1) is 11.1. The van der Waals surface area contributed by atoms with Crippen LogP contribution < -0.4 is 10.6 Å². The number of hydrogen-bond acceptors (Lipinski definition) is 2. The number of rotatable bonds is 5. The van der Waals surface area contributed by atoms with Crippen LogP contribution in [0.3, 0.4) is 0 Å². The zero-order valence-corrected chi connectivity index (χ0v) is 17.9. The predicted molar refractivity (Wildman–Crippen MR) is 104 cm³/mol. The Morgan fingerprint density at radius 3 is 2.04 bits per heavy atom. The first-order valence-electron chi connectivity index (χ1n) is 9.70. The molecule has 0 spiro atoms. The van der Waals surface area contributed by atoms with Gasteiger partial charge in [0.2, 0.25) is 11.8 Å². The van der Waals surface area contributed by atoms with E-state index in [1.54, 1.807) is 0 Å². The normalized spacial score (nSPS) is 26.8. The van der Waals surface area contributed by atoms with Crippen LogP contribution in [0.2, 0.25) is 0 Å². The third-order valence-electron chi connectivity index (χ3n) is 5.63. The Morgan fingerprint density at radius 1 is 1.00 bits per heavy atom. The van der Waals surface area contributed by atoms with E-state index in [2.05, 4.69) is 31.4 Å². The maximum Gasteiger partial charge on any atom is 0.225 e. The Balaban J connectivity index is 2.81. The fourth-order valence-corrected chi connectivity index (χ4v) is 3.97. The molecule has 146 valence electrons. The summed E-state index contributed by atoms with van der Waals surface area (Å²) in [5.41, 5.74) is -0.567. The van der Waals surface area contributed by atoms with Crippen molar-refractivity contribution in [2.45, 2.75) is 94.0 Å². The molecule has 1 fully saturated rings. The highest BCUT2D eigenvalue weighted by molar-refractivity contribution is 5.82. The van der Waals surface area contributed by atoms with Crippen molar-refractivity contribution in [1.82, 2.24) is 10.6 Å². The molecule has 1 rings (SSSR count). The molecule has 1 aliphatic carbocycles. The zero-order valence-electron chi connectivity index (χ0n) is 17.9. The average Bonchev–Trinajstić information content (AvgIpc) is 2.41. The number of hydrogen-bond donors (Lipinski definition) is 2. The van der Waals surface area contributed by atoms with E-state index in [1.165, 1.54) is 0 Å². The first-order valence-corrected chi connectivity index (χ1v) is 9.70. The van der Waals surface area contributed by atoms with Crippen LogP contribution in [0.25, 0.3) is 0 Å². The first kappa shape index (κ1) is 22.0. The minimum Gasteiger partial charge on any atom is -0.355 e. The smallest absolute Gasteiger partial charge is 0.225 e. The Labute approximate surface area is 154 Å². The van der Waals surface area contributed by atoms with Crippen LogP contribution in [0.1, 0.15) is 88.0 Å². The van der Waals surface area contributed by atoms with E-state index >= 15 is 0 Å². The molecule has 25 heavy (non-hydrogen) atoms. The van der Waals surface area contributed by atoms with Crippen molar-refractivity contribution in [2.75, 3.05) is 6.54 Å². The van der Waals surface area contributed by atoms with Crippen LogP contribution >= 0.6 is 0 Å². The minimum atomic E-state index is -0.378. The summed E-state index contributed by atoms with van der Waals surface area (Å²) in [6.07, 6.45) is 3.77. The molecule has 2 N–H and O–H groups in total. The van der Waals surface area contributed by atoms with Gasteiger partial charge >= 0.3 is 0 Å². The van der Waals surface area contributed by atoms with Crippen molar-refractivity contribution < 1.29 is 9.59 Å². The molecule has 1 saturated carbocycles. The van der Waals surface area contributed by atoms with Crippen molar-refractivity contribution >= 4 is 11.8 Å². The van der Waals surface area contributed by atoms with Crippen LogP contribution in [0, 0.1) is 21.7 Å². The molecular weight excluding hydrogens is 312 g/mol. The number of carbonyl (C=O) groups excluding carboxylic acids is 2. The van der Waals surface area contributed by atoms with Gasteiger partial charge in [-0.05, 0) is 36.5 Å². The monoisotopic (exact) mass is 352 g/mol. The summed E-state index contributed by atoms with van der Waals surface area (Å²) in [4.78, 5) is 24.9. The zero-order chi connectivity index (χ0) is 19.7. The van der Waals surface area contributed by atoms with Crippen LogP contribution in [-0.4, -0.2) is 24.4 Å². The highest BCUT2D eigenvalue weighted by Gasteiger charge is 2.43. The van der Waals surface area contributed by atoms with E-state index in [1.807, 2.05) is 41.5 Å². The second kappa shape index (κ2) is 7.28. The minimum absolute atomic E-state index is 0.00291. The second-order valence-electron chi connectivity index (χ2n) is 10.9. The van der Waals surface area contributed by atoms with Crippen LogP contribution in [0.5, 0.6) is 0 Å². The second-order valence-corrected chi connectivity index (χ2v) is 10.9. The van der Waals surface area contributed by atoms with Gasteiger partial charge in [-0.3, -0.25) is 9.59 Å². The van der Waals surface area contributed by atoms with Gasteiger partial charge in [0.1, 0.15) is 0 Å². The fraction of sp³-hybridized carbons (Fsp3) is 0.905. The van der Waals surface area contributed by atoms with Gasteiger partial charge in [0.25, 0.3) is 0 Å². The van der Waals surface area contributed by atoms with Crippen LogP contribution in [0.4, 0.5) is 0 Å².